The summed E-state index contributed by atoms with van der Waals surface area (Å²) >= 11 is 0. The van der Waals surface area contributed by atoms with Crippen molar-refractivity contribution in [3.63, 3.8) is 0 Å². The number of hydrogen-bond acceptors (Lipinski definition) is 4. The van der Waals surface area contributed by atoms with E-state index in [1.54, 1.807) is 12.4 Å². The van der Waals surface area contributed by atoms with Gasteiger partial charge in [-0.25, -0.2) is 9.97 Å². The van der Waals surface area contributed by atoms with Gasteiger partial charge >= 0.3 is 6.18 Å². The third-order valence-corrected chi connectivity index (χ3v) is 5.26. The van der Waals surface area contributed by atoms with E-state index in [0.717, 1.165) is 23.5 Å². The molecule has 0 aliphatic heterocycles. The van der Waals surface area contributed by atoms with Gasteiger partial charge in [-0.1, -0.05) is 43.5 Å². The zero-order chi connectivity index (χ0) is 20.3. The Balaban J connectivity index is 1.42. The Kier molecular flexibility index (Phi) is 5.47. The Morgan fingerprint density at radius 2 is 1.55 bits per heavy atom. The third-order valence-electron chi connectivity index (χ3n) is 5.26. The van der Waals surface area contributed by atoms with Crippen LogP contribution in [0.3, 0.4) is 0 Å². The van der Waals surface area contributed by atoms with Crippen LogP contribution in [-0.4, -0.2) is 15.0 Å². The van der Waals surface area contributed by atoms with Crippen LogP contribution < -0.4 is 5.32 Å². The van der Waals surface area contributed by atoms with Gasteiger partial charge in [0.2, 0.25) is 0 Å². The minimum atomic E-state index is -4.45. The third kappa shape index (κ3) is 4.72. The standard InChI is InChI=1S/C22H21F3N4/c23-22(24,25)20-11-10-18(12-27-20)29-21-14-26-19(13-28-21)17-8-6-16(7-9-17)15-4-2-1-3-5-15/h6-15H,1-5H2,(H,28,29). The number of halogens is 3. The summed E-state index contributed by atoms with van der Waals surface area (Å²) in [5, 5.41) is 2.91. The highest BCUT2D eigenvalue weighted by molar-refractivity contribution is 5.61. The van der Waals surface area contributed by atoms with E-state index in [2.05, 4.69) is 44.5 Å². The minimum absolute atomic E-state index is 0.414. The van der Waals surface area contributed by atoms with Gasteiger partial charge in [0.05, 0.1) is 30.0 Å². The molecule has 3 aromatic rings. The van der Waals surface area contributed by atoms with Crippen LogP contribution in [0, 0.1) is 0 Å². The number of aromatic nitrogens is 3. The van der Waals surface area contributed by atoms with Crippen molar-refractivity contribution in [2.45, 2.75) is 44.2 Å². The molecule has 4 nitrogen and oxygen atoms in total. The summed E-state index contributed by atoms with van der Waals surface area (Å²) in [7, 11) is 0. The van der Waals surface area contributed by atoms with Crippen LogP contribution in [0.25, 0.3) is 11.3 Å². The van der Waals surface area contributed by atoms with Gasteiger partial charge < -0.3 is 5.32 Å². The summed E-state index contributed by atoms with van der Waals surface area (Å²) in [4.78, 5) is 12.2. The van der Waals surface area contributed by atoms with E-state index >= 15 is 0 Å². The maximum Gasteiger partial charge on any atom is 0.433 e. The van der Waals surface area contributed by atoms with Crippen molar-refractivity contribution in [1.82, 2.24) is 15.0 Å². The van der Waals surface area contributed by atoms with Crippen LogP contribution in [0.2, 0.25) is 0 Å². The first-order valence-corrected chi connectivity index (χ1v) is 9.72. The van der Waals surface area contributed by atoms with Crippen molar-refractivity contribution >= 4 is 11.5 Å². The molecule has 7 heteroatoms. The van der Waals surface area contributed by atoms with Crippen molar-refractivity contribution in [3.8, 4) is 11.3 Å². The Morgan fingerprint density at radius 3 is 2.14 bits per heavy atom. The molecule has 2 aromatic heterocycles. The molecule has 1 aliphatic carbocycles. The van der Waals surface area contributed by atoms with Crippen LogP contribution in [0.1, 0.15) is 49.3 Å². The minimum Gasteiger partial charge on any atom is -0.338 e. The molecule has 0 amide bonds. The SMILES string of the molecule is FC(F)(F)c1ccc(Nc2cnc(-c3ccc(C4CCCCC4)cc3)cn2)cn1. The van der Waals surface area contributed by atoms with Crippen molar-refractivity contribution in [2.24, 2.45) is 0 Å². The number of nitrogens with one attached hydrogen (secondary N) is 1. The molecule has 0 bridgehead atoms. The number of rotatable bonds is 4. The van der Waals surface area contributed by atoms with Crippen molar-refractivity contribution in [2.75, 3.05) is 5.32 Å². The second-order valence-corrected chi connectivity index (χ2v) is 7.30. The normalized spacial score (nSPS) is 15.3. The molecule has 1 saturated carbocycles. The predicted octanol–water partition coefficient (Wildman–Crippen LogP) is 6.35. The topological polar surface area (TPSA) is 50.7 Å². The Labute approximate surface area is 167 Å². The molecule has 2 heterocycles. The Bertz CT molecular complexity index is 930. The van der Waals surface area contributed by atoms with Gasteiger partial charge in [0.25, 0.3) is 0 Å². The molecule has 150 valence electrons. The van der Waals surface area contributed by atoms with Crippen LogP contribution in [0.15, 0.2) is 55.0 Å². The molecule has 4 rings (SSSR count). The number of nitrogens with zero attached hydrogens (tertiary/aromatic N) is 3. The summed E-state index contributed by atoms with van der Waals surface area (Å²) in [6.45, 7) is 0. The highest BCUT2D eigenvalue weighted by Crippen LogP contribution is 2.33. The summed E-state index contributed by atoms with van der Waals surface area (Å²) < 4.78 is 37.7. The fourth-order valence-electron chi connectivity index (χ4n) is 3.69. The lowest BCUT2D eigenvalue weighted by Gasteiger charge is -2.22. The monoisotopic (exact) mass is 398 g/mol. The highest BCUT2D eigenvalue weighted by Gasteiger charge is 2.32. The van der Waals surface area contributed by atoms with E-state index in [-0.39, 0.29) is 0 Å². The van der Waals surface area contributed by atoms with Gasteiger partial charge in [-0.05, 0) is 36.5 Å². The van der Waals surface area contributed by atoms with Crippen LogP contribution in [-0.2, 0) is 6.18 Å². The van der Waals surface area contributed by atoms with Crippen LogP contribution in [0.5, 0.6) is 0 Å². The van der Waals surface area contributed by atoms with Gasteiger partial charge in [0.15, 0.2) is 0 Å². The van der Waals surface area contributed by atoms with Gasteiger partial charge in [0.1, 0.15) is 11.5 Å². The molecule has 0 radical (unpaired) electrons. The van der Waals surface area contributed by atoms with Gasteiger partial charge in [-0.3, -0.25) is 4.98 Å². The lowest BCUT2D eigenvalue weighted by Crippen LogP contribution is -2.07. The number of alkyl halides is 3. The second-order valence-electron chi connectivity index (χ2n) is 7.30. The molecule has 0 unspecified atom stereocenters. The zero-order valence-electron chi connectivity index (χ0n) is 15.8. The van der Waals surface area contributed by atoms with Gasteiger partial charge in [0, 0.05) is 5.56 Å². The number of benzene rings is 1. The molecule has 0 saturated heterocycles. The fourth-order valence-corrected chi connectivity index (χ4v) is 3.69. The maximum atomic E-state index is 12.6. The first-order chi connectivity index (χ1) is 14.0. The fraction of sp³-hybridized carbons (Fsp3) is 0.318. The molecule has 0 atom stereocenters. The number of pyridine rings is 1. The van der Waals surface area contributed by atoms with Crippen molar-refractivity contribution < 1.29 is 13.2 Å². The van der Waals surface area contributed by atoms with E-state index in [1.807, 2.05) is 0 Å². The summed E-state index contributed by atoms with van der Waals surface area (Å²) in [5.74, 6) is 1.10. The molecule has 1 fully saturated rings. The van der Waals surface area contributed by atoms with Crippen molar-refractivity contribution in [3.05, 3.63) is 66.2 Å². The highest BCUT2D eigenvalue weighted by atomic mass is 19.4. The molecular formula is C22H21F3N4. The first-order valence-electron chi connectivity index (χ1n) is 9.72. The summed E-state index contributed by atoms with van der Waals surface area (Å²) in [6, 6.07) is 10.7. The van der Waals surface area contributed by atoms with E-state index in [4.69, 9.17) is 0 Å². The molecule has 1 N–H and O–H groups in total. The number of anilines is 2. The molecule has 0 spiro atoms. The van der Waals surface area contributed by atoms with E-state index in [0.29, 0.717) is 17.4 Å². The molecule has 29 heavy (non-hydrogen) atoms. The van der Waals surface area contributed by atoms with E-state index in [9.17, 15) is 13.2 Å². The smallest absolute Gasteiger partial charge is 0.338 e. The molecule has 1 aromatic carbocycles. The zero-order valence-corrected chi connectivity index (χ0v) is 15.8. The second kappa shape index (κ2) is 8.19. The lowest BCUT2D eigenvalue weighted by molar-refractivity contribution is -0.141. The summed E-state index contributed by atoms with van der Waals surface area (Å²) in [5.41, 5.74) is 2.60. The van der Waals surface area contributed by atoms with E-state index < -0.39 is 11.9 Å². The predicted molar refractivity (Wildman–Crippen MR) is 106 cm³/mol. The van der Waals surface area contributed by atoms with Crippen LogP contribution in [0.4, 0.5) is 24.7 Å². The van der Waals surface area contributed by atoms with Crippen LogP contribution >= 0.6 is 0 Å². The van der Waals surface area contributed by atoms with Gasteiger partial charge in [-0.15, -0.1) is 0 Å². The molecular weight excluding hydrogens is 377 g/mol. The van der Waals surface area contributed by atoms with Crippen molar-refractivity contribution in [1.29, 1.82) is 0 Å². The number of hydrogen-bond donors (Lipinski definition) is 1. The lowest BCUT2D eigenvalue weighted by atomic mass is 9.84. The average molecular weight is 398 g/mol. The average Bonchev–Trinajstić information content (AvgIpc) is 2.75. The largest absolute Gasteiger partial charge is 0.433 e. The molecule has 1 aliphatic rings. The van der Waals surface area contributed by atoms with E-state index in [1.165, 1.54) is 43.7 Å². The van der Waals surface area contributed by atoms with Gasteiger partial charge in [-0.2, -0.15) is 13.2 Å². The first kappa shape index (κ1) is 19.4. The maximum absolute atomic E-state index is 12.6. The Morgan fingerprint density at radius 1 is 0.793 bits per heavy atom. The Hall–Kier alpha value is -2.96. The summed E-state index contributed by atoms with van der Waals surface area (Å²) in [6.07, 6.45) is 6.36. The quantitative estimate of drug-likeness (QED) is 0.556.